The summed E-state index contributed by atoms with van der Waals surface area (Å²) >= 11 is 0. The summed E-state index contributed by atoms with van der Waals surface area (Å²) in [5.74, 6) is -1.99. The predicted molar refractivity (Wildman–Crippen MR) is 116 cm³/mol. The van der Waals surface area contributed by atoms with Crippen molar-refractivity contribution in [3.8, 4) is 0 Å². The standard InChI is InChI=1S/C24H19N3O4/c1-15(28)26-18-9-11-19(12-10-18)27-21(17-8-5-13-25-14-17)20(23(30)24(27)31)22(29)16-6-3-2-4-7-16/h2-14,21,29H,1H3,(H,26,28)/b22-20-. The van der Waals surface area contributed by atoms with Gasteiger partial charge >= 0.3 is 0 Å². The van der Waals surface area contributed by atoms with Crippen LogP contribution in [0.25, 0.3) is 5.76 Å². The third kappa shape index (κ3) is 3.81. The average Bonchev–Trinajstić information content (AvgIpc) is 3.05. The van der Waals surface area contributed by atoms with Gasteiger partial charge in [-0.1, -0.05) is 36.4 Å². The van der Waals surface area contributed by atoms with E-state index >= 15 is 0 Å². The quantitative estimate of drug-likeness (QED) is 0.386. The maximum atomic E-state index is 13.0. The summed E-state index contributed by atoms with van der Waals surface area (Å²) in [5, 5.41) is 13.6. The Kier molecular flexibility index (Phi) is 5.32. The third-order valence-corrected chi connectivity index (χ3v) is 4.96. The van der Waals surface area contributed by atoms with Crippen LogP contribution in [0.5, 0.6) is 0 Å². The SMILES string of the molecule is CC(=O)Nc1ccc(N2C(=O)C(=O)/C(=C(\O)c3ccccc3)C2c2cccnc2)cc1. The van der Waals surface area contributed by atoms with Crippen LogP contribution in [0.15, 0.2) is 84.7 Å². The number of pyridine rings is 1. The first-order valence-corrected chi connectivity index (χ1v) is 9.61. The summed E-state index contributed by atoms with van der Waals surface area (Å²) in [7, 11) is 0. The van der Waals surface area contributed by atoms with Crippen molar-refractivity contribution in [1.82, 2.24) is 4.98 Å². The molecule has 1 fully saturated rings. The van der Waals surface area contributed by atoms with Crippen LogP contribution in [0.2, 0.25) is 0 Å². The molecule has 31 heavy (non-hydrogen) atoms. The van der Waals surface area contributed by atoms with Crippen molar-refractivity contribution in [1.29, 1.82) is 0 Å². The van der Waals surface area contributed by atoms with E-state index in [1.54, 1.807) is 79.1 Å². The molecule has 0 radical (unpaired) electrons. The van der Waals surface area contributed by atoms with Crippen LogP contribution in [0.3, 0.4) is 0 Å². The lowest BCUT2D eigenvalue weighted by atomic mass is 9.96. The lowest BCUT2D eigenvalue weighted by Gasteiger charge is -2.25. The van der Waals surface area contributed by atoms with E-state index < -0.39 is 17.7 Å². The molecule has 1 saturated heterocycles. The van der Waals surface area contributed by atoms with E-state index in [4.69, 9.17) is 0 Å². The van der Waals surface area contributed by atoms with E-state index in [0.717, 1.165) is 0 Å². The highest BCUT2D eigenvalue weighted by Gasteiger charge is 2.47. The first-order chi connectivity index (χ1) is 15.0. The van der Waals surface area contributed by atoms with Gasteiger partial charge in [0.15, 0.2) is 0 Å². The first-order valence-electron chi connectivity index (χ1n) is 9.61. The highest BCUT2D eigenvalue weighted by atomic mass is 16.3. The number of carbonyl (C=O) groups excluding carboxylic acids is 3. The number of rotatable bonds is 4. The molecular weight excluding hydrogens is 394 g/mol. The van der Waals surface area contributed by atoms with E-state index in [2.05, 4.69) is 10.3 Å². The second-order valence-electron chi connectivity index (χ2n) is 7.05. The number of hydrogen-bond acceptors (Lipinski definition) is 5. The molecule has 2 N–H and O–H groups in total. The molecule has 1 atom stereocenters. The van der Waals surface area contributed by atoms with Gasteiger partial charge in [-0.05, 0) is 35.9 Å². The molecule has 7 nitrogen and oxygen atoms in total. The van der Waals surface area contributed by atoms with E-state index in [9.17, 15) is 19.5 Å². The average molecular weight is 413 g/mol. The first kappa shape index (κ1) is 20.0. The molecule has 2 heterocycles. The van der Waals surface area contributed by atoms with Gasteiger partial charge in [-0.25, -0.2) is 0 Å². The summed E-state index contributed by atoms with van der Waals surface area (Å²) in [6.45, 7) is 1.40. The molecule has 0 saturated carbocycles. The van der Waals surface area contributed by atoms with Crippen molar-refractivity contribution in [2.24, 2.45) is 0 Å². The van der Waals surface area contributed by atoms with Gasteiger partial charge in [0.05, 0.1) is 11.6 Å². The molecule has 7 heteroatoms. The third-order valence-electron chi connectivity index (χ3n) is 4.96. The molecule has 154 valence electrons. The smallest absolute Gasteiger partial charge is 0.300 e. The molecule has 1 aromatic heterocycles. The number of nitrogens with zero attached hydrogens (tertiary/aromatic N) is 2. The van der Waals surface area contributed by atoms with Gasteiger partial charge in [0, 0.05) is 36.3 Å². The Morgan fingerprint density at radius 1 is 1.00 bits per heavy atom. The Balaban J connectivity index is 1.86. The topological polar surface area (TPSA) is 99.6 Å². The Bertz CT molecular complexity index is 1170. The largest absolute Gasteiger partial charge is 0.507 e. The Morgan fingerprint density at radius 3 is 2.32 bits per heavy atom. The molecule has 0 spiro atoms. The normalized spacial score (nSPS) is 17.6. The molecule has 0 aliphatic carbocycles. The van der Waals surface area contributed by atoms with Crippen molar-refractivity contribution in [3.05, 3.63) is 95.8 Å². The fraction of sp³-hybridized carbons (Fsp3) is 0.0833. The number of ketones is 1. The zero-order valence-electron chi connectivity index (χ0n) is 16.6. The second kappa shape index (κ2) is 8.23. The number of Topliss-reactive ketones (excluding diaryl/α,β-unsaturated/α-hetero) is 1. The van der Waals surface area contributed by atoms with Gasteiger partial charge in [-0.15, -0.1) is 0 Å². The van der Waals surface area contributed by atoms with Crippen molar-refractivity contribution in [3.63, 3.8) is 0 Å². The van der Waals surface area contributed by atoms with E-state index in [1.807, 2.05) is 0 Å². The van der Waals surface area contributed by atoms with E-state index in [0.29, 0.717) is 22.5 Å². The minimum atomic E-state index is -0.847. The second-order valence-corrected chi connectivity index (χ2v) is 7.05. The predicted octanol–water partition coefficient (Wildman–Crippen LogP) is 3.67. The molecule has 1 aliphatic heterocycles. The Morgan fingerprint density at radius 2 is 1.71 bits per heavy atom. The number of aromatic nitrogens is 1. The number of aliphatic hydroxyl groups is 1. The van der Waals surface area contributed by atoms with Gasteiger partial charge in [0.1, 0.15) is 5.76 Å². The minimum absolute atomic E-state index is 0.00450. The maximum absolute atomic E-state index is 13.0. The van der Waals surface area contributed by atoms with Crippen LogP contribution < -0.4 is 10.2 Å². The number of anilines is 2. The maximum Gasteiger partial charge on any atom is 0.300 e. The molecule has 2 amide bonds. The van der Waals surface area contributed by atoms with Gasteiger partial charge in [-0.2, -0.15) is 0 Å². The lowest BCUT2D eigenvalue weighted by molar-refractivity contribution is -0.132. The molecule has 1 unspecified atom stereocenters. The summed E-state index contributed by atoms with van der Waals surface area (Å²) < 4.78 is 0. The van der Waals surface area contributed by atoms with E-state index in [-0.39, 0.29) is 17.2 Å². The highest BCUT2D eigenvalue weighted by Crippen LogP contribution is 2.42. The van der Waals surface area contributed by atoms with Crippen LogP contribution in [0.1, 0.15) is 24.1 Å². The molecule has 0 bridgehead atoms. The number of amides is 2. The van der Waals surface area contributed by atoms with Crippen molar-refractivity contribution < 1.29 is 19.5 Å². The molecule has 3 aromatic rings. The molecule has 1 aliphatic rings. The van der Waals surface area contributed by atoms with Crippen molar-refractivity contribution in [2.45, 2.75) is 13.0 Å². The molecule has 4 rings (SSSR count). The molecular formula is C24H19N3O4. The monoisotopic (exact) mass is 413 g/mol. The zero-order chi connectivity index (χ0) is 22.0. The Hall–Kier alpha value is -4.26. The van der Waals surface area contributed by atoms with Gasteiger partial charge in [0.2, 0.25) is 5.91 Å². The van der Waals surface area contributed by atoms with Crippen molar-refractivity contribution in [2.75, 3.05) is 10.2 Å². The van der Waals surface area contributed by atoms with Crippen molar-refractivity contribution >= 4 is 34.7 Å². The molecule has 2 aromatic carbocycles. The van der Waals surface area contributed by atoms with E-state index in [1.165, 1.54) is 11.8 Å². The number of nitrogens with one attached hydrogen (secondary N) is 1. The van der Waals surface area contributed by atoms with Gasteiger partial charge in [-0.3, -0.25) is 24.3 Å². The van der Waals surface area contributed by atoms with Crippen LogP contribution >= 0.6 is 0 Å². The van der Waals surface area contributed by atoms with Crippen LogP contribution in [0.4, 0.5) is 11.4 Å². The van der Waals surface area contributed by atoms with Crippen LogP contribution in [0, 0.1) is 0 Å². The lowest BCUT2D eigenvalue weighted by Crippen LogP contribution is -2.29. The fourth-order valence-electron chi connectivity index (χ4n) is 3.61. The number of carbonyl (C=O) groups is 3. The van der Waals surface area contributed by atoms with Gasteiger partial charge in [0.25, 0.3) is 11.7 Å². The Labute approximate surface area is 178 Å². The number of hydrogen-bond donors (Lipinski definition) is 2. The fourth-order valence-corrected chi connectivity index (χ4v) is 3.61. The van der Waals surface area contributed by atoms with Crippen LogP contribution in [-0.2, 0) is 14.4 Å². The summed E-state index contributed by atoms with van der Waals surface area (Å²) in [5.41, 5.74) is 2.04. The number of benzene rings is 2. The minimum Gasteiger partial charge on any atom is -0.507 e. The zero-order valence-corrected chi connectivity index (χ0v) is 16.6. The summed E-state index contributed by atoms with van der Waals surface area (Å²) in [6, 6.07) is 17.8. The highest BCUT2D eigenvalue weighted by molar-refractivity contribution is 6.51. The van der Waals surface area contributed by atoms with Gasteiger partial charge < -0.3 is 10.4 Å². The number of aliphatic hydroxyl groups excluding tert-OH is 1. The summed E-state index contributed by atoms with van der Waals surface area (Å²) in [4.78, 5) is 42.8. The van der Waals surface area contributed by atoms with Crippen LogP contribution in [-0.4, -0.2) is 27.7 Å². The summed E-state index contributed by atoms with van der Waals surface area (Å²) in [6.07, 6.45) is 3.16.